The molecule has 2 heteroatoms. The maximum atomic E-state index is 12.1. The topological polar surface area (TPSA) is 26.3 Å². The van der Waals surface area contributed by atoms with Crippen LogP contribution < -0.4 is 0 Å². The lowest BCUT2D eigenvalue weighted by Crippen LogP contribution is -2.36. The van der Waals surface area contributed by atoms with Crippen LogP contribution in [-0.2, 0) is 9.53 Å². The van der Waals surface area contributed by atoms with Gasteiger partial charge in [-0.3, -0.25) is 4.79 Å². The lowest BCUT2D eigenvalue weighted by atomic mass is 9.83. The molecule has 0 aromatic carbocycles. The zero-order valence-electron chi connectivity index (χ0n) is 10.5. The molecule has 1 atom stereocenters. The number of ketones is 1. The van der Waals surface area contributed by atoms with Crippen molar-refractivity contribution in [1.29, 1.82) is 0 Å². The van der Waals surface area contributed by atoms with Gasteiger partial charge in [-0.05, 0) is 11.3 Å². The van der Waals surface area contributed by atoms with Gasteiger partial charge in [-0.1, -0.05) is 46.5 Å². The third kappa shape index (κ3) is 3.60. The summed E-state index contributed by atoms with van der Waals surface area (Å²) in [5, 5.41) is 0. The average Bonchev–Trinajstić information content (AvgIpc) is 2.54. The van der Waals surface area contributed by atoms with E-state index in [2.05, 4.69) is 20.8 Å². The van der Waals surface area contributed by atoms with E-state index in [-0.39, 0.29) is 17.3 Å². The molecule has 1 rings (SSSR count). The zero-order chi connectivity index (χ0) is 11.5. The highest BCUT2D eigenvalue weighted by Gasteiger charge is 2.32. The predicted molar refractivity (Wildman–Crippen MR) is 61.8 cm³/mol. The van der Waals surface area contributed by atoms with Gasteiger partial charge in [0, 0.05) is 13.5 Å². The van der Waals surface area contributed by atoms with Crippen LogP contribution in [0.2, 0.25) is 0 Å². The summed E-state index contributed by atoms with van der Waals surface area (Å²) in [6.45, 7) is 6.19. The Kier molecular flexibility index (Phi) is 4.32. The van der Waals surface area contributed by atoms with E-state index in [0.29, 0.717) is 5.92 Å². The third-order valence-corrected chi connectivity index (χ3v) is 3.28. The van der Waals surface area contributed by atoms with E-state index in [0.717, 1.165) is 6.42 Å². The number of rotatable bonds is 4. The van der Waals surface area contributed by atoms with E-state index in [1.165, 1.54) is 25.7 Å². The maximum Gasteiger partial charge on any atom is 0.162 e. The van der Waals surface area contributed by atoms with E-state index in [9.17, 15) is 4.79 Å². The van der Waals surface area contributed by atoms with Crippen LogP contribution in [0.4, 0.5) is 0 Å². The summed E-state index contributed by atoms with van der Waals surface area (Å²) in [7, 11) is 1.64. The monoisotopic (exact) mass is 212 g/mol. The van der Waals surface area contributed by atoms with Crippen molar-refractivity contribution in [2.75, 3.05) is 7.11 Å². The van der Waals surface area contributed by atoms with Gasteiger partial charge in [-0.25, -0.2) is 0 Å². The van der Waals surface area contributed by atoms with Crippen molar-refractivity contribution in [3.63, 3.8) is 0 Å². The Balaban J connectivity index is 2.49. The maximum absolute atomic E-state index is 12.1. The normalized spacial score (nSPS) is 20.5. The number of ether oxygens (including phenoxy) is 1. The molecule has 1 aliphatic carbocycles. The molecule has 0 amide bonds. The van der Waals surface area contributed by atoms with E-state index in [1.807, 2.05) is 0 Å². The standard InChI is InChI=1S/C13H24O2/c1-13(2,3)12(15-4)11(14)9-10-7-5-6-8-10/h10,12H,5-9H2,1-4H3. The minimum Gasteiger partial charge on any atom is -0.373 e. The van der Waals surface area contributed by atoms with Crippen molar-refractivity contribution in [2.45, 2.75) is 59.0 Å². The van der Waals surface area contributed by atoms with Crippen LogP contribution in [0, 0.1) is 11.3 Å². The van der Waals surface area contributed by atoms with Crippen LogP contribution in [0.15, 0.2) is 0 Å². The molecular weight excluding hydrogens is 188 g/mol. The molecule has 1 fully saturated rings. The predicted octanol–water partition coefficient (Wildman–Crippen LogP) is 3.20. The van der Waals surface area contributed by atoms with E-state index in [4.69, 9.17) is 4.74 Å². The molecule has 1 saturated carbocycles. The molecule has 1 aliphatic rings. The average molecular weight is 212 g/mol. The van der Waals surface area contributed by atoms with Crippen LogP contribution in [0.25, 0.3) is 0 Å². The second-order valence-corrected chi connectivity index (χ2v) is 5.80. The lowest BCUT2D eigenvalue weighted by Gasteiger charge is -2.28. The Morgan fingerprint density at radius 1 is 1.33 bits per heavy atom. The van der Waals surface area contributed by atoms with Crippen LogP contribution in [0.1, 0.15) is 52.9 Å². The Bertz CT molecular complexity index is 209. The van der Waals surface area contributed by atoms with Crippen LogP contribution >= 0.6 is 0 Å². The van der Waals surface area contributed by atoms with Crippen LogP contribution in [0.5, 0.6) is 0 Å². The van der Waals surface area contributed by atoms with Crippen molar-refractivity contribution in [3.8, 4) is 0 Å². The first-order valence-electron chi connectivity index (χ1n) is 6.00. The highest BCUT2D eigenvalue weighted by molar-refractivity contribution is 5.84. The zero-order valence-corrected chi connectivity index (χ0v) is 10.5. The molecular formula is C13H24O2. The van der Waals surface area contributed by atoms with Gasteiger partial charge in [0.05, 0.1) is 0 Å². The highest BCUT2D eigenvalue weighted by Crippen LogP contribution is 2.31. The van der Waals surface area contributed by atoms with Gasteiger partial charge in [-0.2, -0.15) is 0 Å². The summed E-state index contributed by atoms with van der Waals surface area (Å²) in [6, 6.07) is 0. The van der Waals surface area contributed by atoms with Gasteiger partial charge in [0.1, 0.15) is 6.10 Å². The first kappa shape index (κ1) is 12.7. The third-order valence-electron chi connectivity index (χ3n) is 3.28. The van der Waals surface area contributed by atoms with Crippen molar-refractivity contribution in [1.82, 2.24) is 0 Å². The van der Waals surface area contributed by atoms with Crippen molar-refractivity contribution >= 4 is 5.78 Å². The van der Waals surface area contributed by atoms with Gasteiger partial charge in [0.2, 0.25) is 0 Å². The summed E-state index contributed by atoms with van der Waals surface area (Å²) in [4.78, 5) is 12.1. The number of hydrogen-bond acceptors (Lipinski definition) is 2. The molecule has 0 heterocycles. The molecule has 0 bridgehead atoms. The summed E-state index contributed by atoms with van der Waals surface area (Å²) in [5.74, 6) is 0.911. The molecule has 0 radical (unpaired) electrons. The highest BCUT2D eigenvalue weighted by atomic mass is 16.5. The number of hydrogen-bond donors (Lipinski definition) is 0. The second-order valence-electron chi connectivity index (χ2n) is 5.80. The summed E-state index contributed by atoms with van der Waals surface area (Å²) in [5.41, 5.74) is -0.0789. The molecule has 0 saturated heterocycles. The largest absolute Gasteiger partial charge is 0.373 e. The van der Waals surface area contributed by atoms with E-state index >= 15 is 0 Å². The van der Waals surface area contributed by atoms with Crippen molar-refractivity contribution < 1.29 is 9.53 Å². The van der Waals surface area contributed by atoms with Gasteiger partial charge in [-0.15, -0.1) is 0 Å². The van der Waals surface area contributed by atoms with Crippen molar-refractivity contribution in [2.24, 2.45) is 11.3 Å². The van der Waals surface area contributed by atoms with Gasteiger partial charge in [0.15, 0.2) is 5.78 Å². The lowest BCUT2D eigenvalue weighted by molar-refractivity contribution is -0.135. The first-order chi connectivity index (χ1) is 6.95. The molecule has 2 nitrogen and oxygen atoms in total. The number of Topliss-reactive ketones (excluding diaryl/α,β-unsaturated/α-hetero) is 1. The van der Waals surface area contributed by atoms with Gasteiger partial charge < -0.3 is 4.74 Å². The molecule has 1 unspecified atom stereocenters. The fraction of sp³-hybridized carbons (Fsp3) is 0.923. The molecule has 0 aromatic heterocycles. The van der Waals surface area contributed by atoms with Crippen LogP contribution in [0.3, 0.4) is 0 Å². The first-order valence-corrected chi connectivity index (χ1v) is 6.00. The number of methoxy groups -OCH3 is 1. The fourth-order valence-corrected chi connectivity index (χ4v) is 2.57. The fourth-order valence-electron chi connectivity index (χ4n) is 2.57. The minimum atomic E-state index is -0.238. The van der Waals surface area contributed by atoms with Crippen LogP contribution in [-0.4, -0.2) is 19.0 Å². The Morgan fingerprint density at radius 3 is 2.27 bits per heavy atom. The summed E-state index contributed by atoms with van der Waals surface area (Å²) >= 11 is 0. The van der Waals surface area contributed by atoms with E-state index < -0.39 is 0 Å². The van der Waals surface area contributed by atoms with Crippen molar-refractivity contribution in [3.05, 3.63) is 0 Å². The molecule has 15 heavy (non-hydrogen) atoms. The summed E-state index contributed by atoms with van der Waals surface area (Å²) < 4.78 is 5.34. The van der Waals surface area contributed by atoms with Gasteiger partial charge in [0.25, 0.3) is 0 Å². The van der Waals surface area contributed by atoms with Gasteiger partial charge >= 0.3 is 0 Å². The Labute approximate surface area is 93.4 Å². The van der Waals surface area contributed by atoms with E-state index in [1.54, 1.807) is 7.11 Å². The Hall–Kier alpha value is -0.370. The molecule has 0 N–H and O–H groups in total. The summed E-state index contributed by atoms with van der Waals surface area (Å²) in [6.07, 6.45) is 5.53. The molecule has 0 aliphatic heterocycles. The molecule has 88 valence electrons. The molecule has 0 aromatic rings. The molecule has 0 spiro atoms. The smallest absolute Gasteiger partial charge is 0.162 e. The number of carbonyl (C=O) groups is 1. The minimum absolute atomic E-state index is 0.0789. The number of carbonyl (C=O) groups excluding carboxylic acids is 1. The SMILES string of the molecule is COC(C(=O)CC1CCCC1)C(C)(C)C. The second kappa shape index (κ2) is 5.11. The quantitative estimate of drug-likeness (QED) is 0.715. The Morgan fingerprint density at radius 2 is 1.87 bits per heavy atom.